The molecule has 0 spiro atoms. The van der Waals surface area contributed by atoms with Crippen LogP contribution in [0.1, 0.15) is 46.7 Å². The first kappa shape index (κ1) is 23.5. The van der Waals surface area contributed by atoms with Crippen molar-refractivity contribution in [3.8, 4) is 5.69 Å². The van der Waals surface area contributed by atoms with Gasteiger partial charge in [-0.25, -0.2) is 10.2 Å². The molecule has 2 aromatic carbocycles. The summed E-state index contributed by atoms with van der Waals surface area (Å²) in [6.45, 7) is 7.60. The number of nitrogens with one attached hydrogen (secondary N) is 1. The summed E-state index contributed by atoms with van der Waals surface area (Å²) in [5.41, 5.74) is 7.66. The van der Waals surface area contributed by atoms with E-state index in [0.717, 1.165) is 32.7 Å². The van der Waals surface area contributed by atoms with E-state index in [1.165, 1.54) is 0 Å². The number of carbonyl (C=O) groups excluding carboxylic acids is 2. The van der Waals surface area contributed by atoms with Gasteiger partial charge in [0, 0.05) is 27.1 Å². The Labute approximate surface area is 196 Å². The van der Waals surface area contributed by atoms with Crippen molar-refractivity contribution < 1.29 is 14.3 Å². The molecule has 7 heteroatoms. The van der Waals surface area contributed by atoms with Gasteiger partial charge in [0.05, 0.1) is 24.3 Å². The van der Waals surface area contributed by atoms with Gasteiger partial charge in [0.2, 0.25) is 5.91 Å². The number of aryl methyl sites for hydroxylation is 1. The van der Waals surface area contributed by atoms with E-state index in [-0.39, 0.29) is 24.4 Å². The highest BCUT2D eigenvalue weighted by molar-refractivity contribution is 9.10. The summed E-state index contributed by atoms with van der Waals surface area (Å²) in [5, 5.41) is 4.12. The van der Waals surface area contributed by atoms with Gasteiger partial charge >= 0.3 is 5.97 Å². The van der Waals surface area contributed by atoms with Crippen molar-refractivity contribution in [2.24, 2.45) is 5.10 Å². The lowest BCUT2D eigenvalue weighted by atomic mass is 10.1. The molecule has 0 saturated heterocycles. The van der Waals surface area contributed by atoms with Crippen LogP contribution in [0.4, 0.5) is 0 Å². The molecule has 0 unspecified atom stereocenters. The third-order valence-electron chi connectivity index (χ3n) is 4.82. The SMILES string of the molecule is Cc1cc(/C=N\NC(=O)Cc2ccc(Br)cc2)c(C)n1-c1cccc(C(=O)OC(C)C)c1. The lowest BCUT2D eigenvalue weighted by Crippen LogP contribution is -2.19. The number of amides is 1. The zero-order valence-corrected chi connectivity index (χ0v) is 20.1. The molecule has 0 aliphatic heterocycles. The second-order valence-electron chi connectivity index (χ2n) is 7.76. The number of aromatic nitrogens is 1. The average Bonchev–Trinajstić information content (AvgIpc) is 3.02. The Hall–Kier alpha value is -3.19. The van der Waals surface area contributed by atoms with Gasteiger partial charge in [-0.05, 0) is 69.7 Å². The minimum Gasteiger partial charge on any atom is -0.459 e. The Balaban J connectivity index is 1.73. The van der Waals surface area contributed by atoms with E-state index >= 15 is 0 Å². The topological polar surface area (TPSA) is 72.7 Å². The van der Waals surface area contributed by atoms with Crippen LogP contribution in [0.5, 0.6) is 0 Å². The highest BCUT2D eigenvalue weighted by Gasteiger charge is 2.14. The van der Waals surface area contributed by atoms with Crippen LogP contribution in [0.25, 0.3) is 5.69 Å². The summed E-state index contributed by atoms with van der Waals surface area (Å²) in [6.07, 6.45) is 1.71. The maximum absolute atomic E-state index is 12.3. The van der Waals surface area contributed by atoms with Crippen LogP contribution in [0.15, 0.2) is 64.2 Å². The van der Waals surface area contributed by atoms with Crippen molar-refractivity contribution in [3.63, 3.8) is 0 Å². The Morgan fingerprint density at radius 2 is 1.84 bits per heavy atom. The van der Waals surface area contributed by atoms with Crippen molar-refractivity contribution in [3.05, 3.63) is 87.1 Å². The fraction of sp³-hybridized carbons (Fsp3) is 0.240. The first-order chi connectivity index (χ1) is 15.2. The van der Waals surface area contributed by atoms with Crippen LogP contribution in [0, 0.1) is 13.8 Å². The molecule has 0 saturated carbocycles. The van der Waals surface area contributed by atoms with Gasteiger partial charge in [-0.3, -0.25) is 4.79 Å². The number of esters is 1. The van der Waals surface area contributed by atoms with Crippen LogP contribution >= 0.6 is 15.9 Å². The van der Waals surface area contributed by atoms with Crippen molar-refractivity contribution >= 4 is 34.0 Å². The number of hydrogen-bond acceptors (Lipinski definition) is 4. The normalized spacial score (nSPS) is 11.2. The third-order valence-corrected chi connectivity index (χ3v) is 5.35. The molecule has 0 radical (unpaired) electrons. The molecule has 3 rings (SSSR count). The second-order valence-corrected chi connectivity index (χ2v) is 8.68. The quantitative estimate of drug-likeness (QED) is 0.281. The minimum absolute atomic E-state index is 0.178. The van der Waals surface area contributed by atoms with Crippen LogP contribution in [0.3, 0.4) is 0 Å². The molecule has 0 aliphatic carbocycles. The zero-order valence-electron chi connectivity index (χ0n) is 18.6. The van der Waals surface area contributed by atoms with E-state index in [1.807, 2.05) is 80.8 Å². The molecule has 3 aromatic rings. The molecular formula is C25H26BrN3O3. The number of halogens is 1. The lowest BCUT2D eigenvalue weighted by Gasteiger charge is -2.12. The van der Waals surface area contributed by atoms with Gasteiger partial charge in [-0.2, -0.15) is 5.10 Å². The van der Waals surface area contributed by atoms with E-state index in [2.05, 4.69) is 26.5 Å². The zero-order chi connectivity index (χ0) is 23.3. The number of nitrogens with zero attached hydrogens (tertiary/aromatic N) is 2. The van der Waals surface area contributed by atoms with E-state index in [4.69, 9.17) is 4.74 Å². The van der Waals surface area contributed by atoms with Crippen LogP contribution in [-0.4, -0.2) is 28.8 Å². The molecule has 1 amide bonds. The van der Waals surface area contributed by atoms with Gasteiger partial charge in [0.25, 0.3) is 0 Å². The second kappa shape index (κ2) is 10.4. The maximum atomic E-state index is 12.3. The van der Waals surface area contributed by atoms with Gasteiger partial charge < -0.3 is 9.30 Å². The number of ether oxygens (including phenoxy) is 1. The standard InChI is InChI=1S/C25H26BrN3O3/c1-16(2)32-25(31)20-6-5-7-23(14-20)29-17(3)12-21(18(29)4)15-27-28-24(30)13-19-8-10-22(26)11-9-19/h5-12,14-16H,13H2,1-4H3,(H,28,30)/b27-15-. The summed E-state index contributed by atoms with van der Waals surface area (Å²) in [4.78, 5) is 24.4. The number of carbonyl (C=O) groups is 2. The molecule has 32 heavy (non-hydrogen) atoms. The van der Waals surface area contributed by atoms with E-state index < -0.39 is 0 Å². The fourth-order valence-electron chi connectivity index (χ4n) is 3.37. The molecule has 1 N–H and O–H groups in total. The minimum atomic E-state index is -0.348. The van der Waals surface area contributed by atoms with Crippen LogP contribution < -0.4 is 5.43 Å². The molecule has 1 heterocycles. The highest BCUT2D eigenvalue weighted by Crippen LogP contribution is 2.21. The molecule has 0 bridgehead atoms. The summed E-state index contributed by atoms with van der Waals surface area (Å²) in [5.74, 6) is -0.534. The number of benzene rings is 2. The van der Waals surface area contributed by atoms with Gasteiger partial charge in [0.1, 0.15) is 0 Å². The van der Waals surface area contributed by atoms with Gasteiger partial charge in [-0.1, -0.05) is 34.1 Å². The van der Waals surface area contributed by atoms with Gasteiger partial charge in [0.15, 0.2) is 0 Å². The van der Waals surface area contributed by atoms with E-state index in [0.29, 0.717) is 5.56 Å². The lowest BCUT2D eigenvalue weighted by molar-refractivity contribution is -0.120. The fourth-order valence-corrected chi connectivity index (χ4v) is 3.64. The molecule has 0 aliphatic rings. The van der Waals surface area contributed by atoms with E-state index in [9.17, 15) is 9.59 Å². The first-order valence-electron chi connectivity index (χ1n) is 10.3. The maximum Gasteiger partial charge on any atom is 0.338 e. The highest BCUT2D eigenvalue weighted by atomic mass is 79.9. The molecule has 166 valence electrons. The average molecular weight is 496 g/mol. The van der Waals surface area contributed by atoms with Crippen molar-refractivity contribution in [1.29, 1.82) is 0 Å². The largest absolute Gasteiger partial charge is 0.459 e. The molecule has 0 atom stereocenters. The molecular weight excluding hydrogens is 470 g/mol. The van der Waals surface area contributed by atoms with Crippen molar-refractivity contribution in [2.45, 2.75) is 40.2 Å². The Morgan fingerprint density at radius 1 is 1.12 bits per heavy atom. The summed E-state index contributed by atoms with van der Waals surface area (Å²) >= 11 is 3.38. The Kier molecular flexibility index (Phi) is 7.64. The predicted molar refractivity (Wildman–Crippen MR) is 129 cm³/mol. The molecule has 1 aromatic heterocycles. The van der Waals surface area contributed by atoms with Crippen molar-refractivity contribution in [1.82, 2.24) is 9.99 Å². The summed E-state index contributed by atoms with van der Waals surface area (Å²) in [6, 6.07) is 16.9. The van der Waals surface area contributed by atoms with Crippen LogP contribution in [-0.2, 0) is 16.0 Å². The molecule has 6 nitrogen and oxygen atoms in total. The predicted octanol–water partition coefficient (Wildman–Crippen LogP) is 5.11. The van der Waals surface area contributed by atoms with Crippen molar-refractivity contribution in [2.75, 3.05) is 0 Å². The van der Waals surface area contributed by atoms with Crippen LogP contribution in [0.2, 0.25) is 0 Å². The monoisotopic (exact) mass is 495 g/mol. The number of hydrazone groups is 1. The number of hydrogen-bond donors (Lipinski definition) is 1. The number of rotatable bonds is 7. The summed E-state index contributed by atoms with van der Waals surface area (Å²) < 4.78 is 8.31. The smallest absolute Gasteiger partial charge is 0.338 e. The molecule has 0 fully saturated rings. The summed E-state index contributed by atoms with van der Waals surface area (Å²) in [7, 11) is 0. The first-order valence-corrected chi connectivity index (χ1v) is 11.1. The Morgan fingerprint density at radius 3 is 2.53 bits per heavy atom. The Bertz CT molecular complexity index is 1150. The third kappa shape index (κ3) is 5.95. The van der Waals surface area contributed by atoms with E-state index in [1.54, 1.807) is 12.3 Å². The van der Waals surface area contributed by atoms with Gasteiger partial charge in [-0.15, -0.1) is 0 Å².